The zero-order chi connectivity index (χ0) is 15.0. The van der Waals surface area contributed by atoms with Gasteiger partial charge in [0.05, 0.1) is 6.61 Å². The highest BCUT2D eigenvalue weighted by molar-refractivity contribution is 5.85. The van der Waals surface area contributed by atoms with E-state index in [4.69, 9.17) is 4.74 Å². The van der Waals surface area contributed by atoms with E-state index in [0.29, 0.717) is 0 Å². The summed E-state index contributed by atoms with van der Waals surface area (Å²) < 4.78 is 5.21. The second kappa shape index (κ2) is 5.36. The maximum atomic E-state index is 10.5. The minimum atomic E-state index is -1.91. The van der Waals surface area contributed by atoms with E-state index >= 15 is 0 Å². The molecule has 0 unspecified atom stereocenters. The summed E-state index contributed by atoms with van der Waals surface area (Å²) >= 11 is 0. The first-order valence-electron chi connectivity index (χ1n) is 6.88. The topological polar surface area (TPSA) is 90.2 Å². The molecule has 21 heavy (non-hydrogen) atoms. The van der Waals surface area contributed by atoms with Crippen LogP contribution in [-0.4, -0.2) is 51.1 Å². The summed E-state index contributed by atoms with van der Waals surface area (Å²) in [5, 5.41) is 41.7. The highest BCUT2D eigenvalue weighted by atomic mass is 16.6. The number of aliphatic hydroxyl groups is 4. The van der Waals surface area contributed by atoms with Gasteiger partial charge in [-0.05, 0) is 16.3 Å². The van der Waals surface area contributed by atoms with E-state index in [2.05, 4.69) is 0 Å². The number of benzene rings is 2. The van der Waals surface area contributed by atoms with Crippen molar-refractivity contribution in [3.8, 4) is 0 Å². The SMILES string of the molecule is O[C@H]1[C@H](O)CO[C@@](O)(Cc2cccc3ccccc23)[C@@H]1O. The van der Waals surface area contributed by atoms with E-state index in [1.165, 1.54) is 0 Å². The Hall–Kier alpha value is -1.50. The van der Waals surface area contributed by atoms with Gasteiger partial charge in [0.2, 0.25) is 0 Å². The molecule has 0 amide bonds. The Morgan fingerprint density at radius 3 is 2.57 bits per heavy atom. The Morgan fingerprint density at radius 1 is 1.05 bits per heavy atom. The summed E-state index contributed by atoms with van der Waals surface area (Å²) in [5.41, 5.74) is 0.804. The maximum Gasteiger partial charge on any atom is 0.198 e. The minimum Gasteiger partial charge on any atom is -0.388 e. The minimum absolute atomic E-state index is 0.0271. The summed E-state index contributed by atoms with van der Waals surface area (Å²) in [4.78, 5) is 0. The zero-order valence-electron chi connectivity index (χ0n) is 11.4. The fourth-order valence-corrected chi connectivity index (χ4v) is 2.77. The first-order chi connectivity index (χ1) is 10.0. The van der Waals surface area contributed by atoms with Crippen molar-refractivity contribution in [3.05, 3.63) is 48.0 Å². The zero-order valence-corrected chi connectivity index (χ0v) is 11.4. The van der Waals surface area contributed by atoms with Gasteiger partial charge in [-0.2, -0.15) is 0 Å². The smallest absolute Gasteiger partial charge is 0.198 e. The van der Waals surface area contributed by atoms with Gasteiger partial charge in [0.15, 0.2) is 5.79 Å². The van der Waals surface area contributed by atoms with Crippen LogP contribution in [0, 0.1) is 0 Å². The lowest BCUT2D eigenvalue weighted by molar-refractivity contribution is -0.320. The first-order valence-corrected chi connectivity index (χ1v) is 6.88. The molecule has 0 spiro atoms. The lowest BCUT2D eigenvalue weighted by Crippen LogP contribution is -2.61. The Morgan fingerprint density at radius 2 is 1.76 bits per heavy atom. The second-order valence-electron chi connectivity index (χ2n) is 5.47. The molecule has 4 atom stereocenters. The molecule has 3 rings (SSSR count). The van der Waals surface area contributed by atoms with Crippen LogP contribution in [0.1, 0.15) is 5.56 Å². The van der Waals surface area contributed by atoms with E-state index in [1.807, 2.05) is 42.5 Å². The fourth-order valence-electron chi connectivity index (χ4n) is 2.77. The molecular weight excluding hydrogens is 272 g/mol. The molecule has 1 aliphatic heterocycles. The highest BCUT2D eigenvalue weighted by Gasteiger charge is 2.48. The van der Waals surface area contributed by atoms with Gasteiger partial charge < -0.3 is 25.2 Å². The molecular formula is C16H18O5. The van der Waals surface area contributed by atoms with Crippen molar-refractivity contribution in [2.75, 3.05) is 6.61 Å². The van der Waals surface area contributed by atoms with Gasteiger partial charge in [0, 0.05) is 6.42 Å². The molecule has 5 nitrogen and oxygen atoms in total. The summed E-state index contributed by atoms with van der Waals surface area (Å²) in [7, 11) is 0. The Kier molecular flexibility index (Phi) is 3.69. The van der Waals surface area contributed by atoms with Crippen LogP contribution < -0.4 is 0 Å². The van der Waals surface area contributed by atoms with Gasteiger partial charge in [-0.3, -0.25) is 0 Å². The average molecular weight is 290 g/mol. The molecule has 1 saturated heterocycles. The summed E-state index contributed by atoms with van der Waals surface area (Å²) in [6.07, 6.45) is -4.18. The second-order valence-corrected chi connectivity index (χ2v) is 5.47. The van der Waals surface area contributed by atoms with E-state index < -0.39 is 24.1 Å². The highest BCUT2D eigenvalue weighted by Crippen LogP contribution is 2.30. The molecule has 1 heterocycles. The van der Waals surface area contributed by atoms with Gasteiger partial charge in [-0.1, -0.05) is 42.5 Å². The van der Waals surface area contributed by atoms with E-state index in [0.717, 1.165) is 16.3 Å². The standard InChI is InChI=1S/C16H18O5/c17-13-9-21-16(20,15(19)14(13)18)8-11-6-3-5-10-4-1-2-7-12(10)11/h1-7,13-15,17-20H,8-9H2/t13-,14+,15-,16+/m1/s1. The van der Waals surface area contributed by atoms with E-state index in [9.17, 15) is 20.4 Å². The lowest BCUT2D eigenvalue weighted by atomic mass is 9.90. The molecule has 0 radical (unpaired) electrons. The van der Waals surface area contributed by atoms with E-state index in [1.54, 1.807) is 0 Å². The Bertz CT molecular complexity index is 638. The number of fused-ring (bicyclic) bond motifs is 1. The number of aliphatic hydroxyl groups excluding tert-OH is 3. The number of hydrogen-bond donors (Lipinski definition) is 4. The molecule has 0 saturated carbocycles. The molecule has 1 aliphatic rings. The molecule has 112 valence electrons. The van der Waals surface area contributed by atoms with Crippen LogP contribution in [0.5, 0.6) is 0 Å². The predicted octanol–water partition coefficient (Wildman–Crippen LogP) is 0.184. The Balaban J connectivity index is 1.94. The molecule has 2 aromatic carbocycles. The Labute approximate surface area is 122 Å². The first kappa shape index (κ1) is 14.4. The molecule has 4 N–H and O–H groups in total. The normalized spacial score (nSPS) is 33.2. The third-order valence-electron chi connectivity index (χ3n) is 4.01. The average Bonchev–Trinajstić information content (AvgIpc) is 2.50. The molecule has 2 aromatic rings. The third-order valence-corrected chi connectivity index (χ3v) is 4.01. The number of rotatable bonds is 2. The molecule has 1 fully saturated rings. The quantitative estimate of drug-likeness (QED) is 0.634. The van der Waals surface area contributed by atoms with Crippen molar-refractivity contribution in [1.29, 1.82) is 0 Å². The molecule has 0 bridgehead atoms. The van der Waals surface area contributed by atoms with Crippen molar-refractivity contribution >= 4 is 10.8 Å². The van der Waals surface area contributed by atoms with Gasteiger partial charge >= 0.3 is 0 Å². The third kappa shape index (κ3) is 2.54. The van der Waals surface area contributed by atoms with Crippen LogP contribution in [0.3, 0.4) is 0 Å². The van der Waals surface area contributed by atoms with Gasteiger partial charge in [0.25, 0.3) is 0 Å². The van der Waals surface area contributed by atoms with Gasteiger partial charge in [-0.15, -0.1) is 0 Å². The van der Waals surface area contributed by atoms with Crippen LogP contribution in [0.4, 0.5) is 0 Å². The van der Waals surface area contributed by atoms with Crippen LogP contribution in [0.15, 0.2) is 42.5 Å². The number of ether oxygens (including phenoxy) is 1. The van der Waals surface area contributed by atoms with Crippen LogP contribution >= 0.6 is 0 Å². The largest absolute Gasteiger partial charge is 0.388 e. The summed E-state index contributed by atoms with van der Waals surface area (Å²) in [6.45, 7) is -0.223. The van der Waals surface area contributed by atoms with E-state index in [-0.39, 0.29) is 13.0 Å². The summed E-state index contributed by atoms with van der Waals surface area (Å²) in [6, 6.07) is 13.4. The number of hydrogen-bond acceptors (Lipinski definition) is 5. The van der Waals surface area contributed by atoms with Gasteiger partial charge in [0.1, 0.15) is 18.3 Å². The van der Waals surface area contributed by atoms with Crippen LogP contribution in [0.2, 0.25) is 0 Å². The van der Waals surface area contributed by atoms with Crippen molar-refractivity contribution in [1.82, 2.24) is 0 Å². The predicted molar refractivity (Wildman–Crippen MR) is 76.6 cm³/mol. The molecule has 0 aromatic heterocycles. The van der Waals surface area contributed by atoms with Crippen LogP contribution in [0.25, 0.3) is 10.8 Å². The summed E-state index contributed by atoms with van der Waals surface area (Å²) in [5.74, 6) is -1.91. The van der Waals surface area contributed by atoms with Crippen molar-refractivity contribution in [3.63, 3.8) is 0 Å². The van der Waals surface area contributed by atoms with Crippen molar-refractivity contribution < 1.29 is 25.2 Å². The maximum absolute atomic E-state index is 10.5. The molecule has 0 aliphatic carbocycles. The fraction of sp³-hybridized carbons (Fsp3) is 0.375. The molecule has 5 heteroatoms. The van der Waals surface area contributed by atoms with Gasteiger partial charge in [-0.25, -0.2) is 0 Å². The van der Waals surface area contributed by atoms with Crippen molar-refractivity contribution in [2.24, 2.45) is 0 Å². The lowest BCUT2D eigenvalue weighted by Gasteiger charge is -2.41. The van der Waals surface area contributed by atoms with Crippen molar-refractivity contribution in [2.45, 2.75) is 30.5 Å². The van der Waals surface area contributed by atoms with Crippen LogP contribution in [-0.2, 0) is 11.2 Å². The monoisotopic (exact) mass is 290 g/mol.